The Morgan fingerprint density at radius 2 is 1.35 bits per heavy atom. The average Bonchev–Trinajstić information content (AvgIpc) is 2.37. The minimum absolute atomic E-state index is 0.509. The smallest absolute Gasteiger partial charge is 0.112 e. The molecule has 0 aliphatic carbocycles. The summed E-state index contributed by atoms with van der Waals surface area (Å²) < 4.78 is 0. The lowest BCUT2D eigenvalue weighted by Crippen LogP contribution is -2.23. The molecular weight excluding hydrogens is 244 g/mol. The Morgan fingerprint density at radius 3 is 1.80 bits per heavy atom. The van der Waals surface area contributed by atoms with Crippen LogP contribution in [0.3, 0.4) is 0 Å². The molecule has 0 radical (unpaired) electrons. The van der Waals surface area contributed by atoms with Crippen LogP contribution in [-0.4, -0.2) is 5.11 Å². The Morgan fingerprint density at radius 1 is 0.850 bits per heavy atom. The summed E-state index contributed by atoms with van der Waals surface area (Å²) in [6, 6.07) is 14.5. The lowest BCUT2D eigenvalue weighted by Gasteiger charge is -2.26. The molecule has 1 atom stereocenters. The molecule has 1 heteroatoms. The van der Waals surface area contributed by atoms with Crippen LogP contribution < -0.4 is 0 Å². The molecule has 0 fully saturated rings. The van der Waals surface area contributed by atoms with Gasteiger partial charge in [-0.25, -0.2) is 0 Å². The van der Waals surface area contributed by atoms with Crippen molar-refractivity contribution >= 4 is 0 Å². The van der Waals surface area contributed by atoms with Crippen LogP contribution in [0, 0.1) is 13.8 Å². The highest BCUT2D eigenvalue weighted by molar-refractivity contribution is 5.40. The van der Waals surface area contributed by atoms with Gasteiger partial charge in [-0.15, -0.1) is 0 Å². The van der Waals surface area contributed by atoms with Crippen molar-refractivity contribution in [3.05, 3.63) is 70.3 Å². The number of rotatable bonds is 3. The SMILES string of the molecule is Cc1cc(C)cc(C(C)(O)c2ccc(C(C)C)cc2)c1. The van der Waals surface area contributed by atoms with Gasteiger partial charge in [-0.2, -0.15) is 0 Å². The van der Waals surface area contributed by atoms with Crippen LogP contribution in [0.2, 0.25) is 0 Å². The number of hydrogen-bond acceptors (Lipinski definition) is 1. The molecular formula is C19H24O. The first-order valence-electron chi connectivity index (χ1n) is 7.22. The molecule has 1 nitrogen and oxygen atoms in total. The normalized spacial score (nSPS) is 14.3. The fourth-order valence-corrected chi connectivity index (χ4v) is 2.61. The summed E-state index contributed by atoms with van der Waals surface area (Å²) in [5, 5.41) is 10.9. The third-order valence-corrected chi connectivity index (χ3v) is 3.92. The fourth-order valence-electron chi connectivity index (χ4n) is 2.61. The molecule has 20 heavy (non-hydrogen) atoms. The maximum atomic E-state index is 10.9. The van der Waals surface area contributed by atoms with E-state index in [0.29, 0.717) is 5.92 Å². The molecule has 2 aromatic rings. The van der Waals surface area contributed by atoms with Crippen LogP contribution in [0.4, 0.5) is 0 Å². The summed E-state index contributed by atoms with van der Waals surface area (Å²) in [5.74, 6) is 0.509. The molecule has 2 aromatic carbocycles. The second-order valence-electron chi connectivity index (χ2n) is 6.23. The Hall–Kier alpha value is -1.60. The topological polar surface area (TPSA) is 20.2 Å². The van der Waals surface area contributed by atoms with Gasteiger partial charge in [-0.1, -0.05) is 67.4 Å². The van der Waals surface area contributed by atoms with Gasteiger partial charge in [0.25, 0.3) is 0 Å². The van der Waals surface area contributed by atoms with E-state index in [1.165, 1.54) is 16.7 Å². The van der Waals surface area contributed by atoms with Gasteiger partial charge in [-0.05, 0) is 43.4 Å². The van der Waals surface area contributed by atoms with E-state index in [0.717, 1.165) is 11.1 Å². The van der Waals surface area contributed by atoms with Crippen molar-refractivity contribution in [2.45, 2.75) is 46.1 Å². The molecule has 0 saturated heterocycles. The monoisotopic (exact) mass is 268 g/mol. The molecule has 0 amide bonds. The molecule has 0 saturated carbocycles. The maximum Gasteiger partial charge on any atom is 0.112 e. The van der Waals surface area contributed by atoms with Crippen molar-refractivity contribution in [2.24, 2.45) is 0 Å². The van der Waals surface area contributed by atoms with Gasteiger partial charge in [0.15, 0.2) is 0 Å². The molecule has 0 heterocycles. The van der Waals surface area contributed by atoms with E-state index in [9.17, 15) is 5.11 Å². The van der Waals surface area contributed by atoms with E-state index in [2.05, 4.69) is 58.0 Å². The Balaban J connectivity index is 2.43. The van der Waals surface area contributed by atoms with Crippen molar-refractivity contribution < 1.29 is 5.11 Å². The van der Waals surface area contributed by atoms with Crippen LogP contribution in [0.25, 0.3) is 0 Å². The van der Waals surface area contributed by atoms with Crippen molar-refractivity contribution in [1.82, 2.24) is 0 Å². The minimum atomic E-state index is -0.952. The van der Waals surface area contributed by atoms with Gasteiger partial charge in [0.2, 0.25) is 0 Å². The van der Waals surface area contributed by atoms with E-state index in [1.807, 2.05) is 19.1 Å². The molecule has 1 N–H and O–H groups in total. The van der Waals surface area contributed by atoms with E-state index in [1.54, 1.807) is 0 Å². The van der Waals surface area contributed by atoms with E-state index < -0.39 is 5.60 Å². The van der Waals surface area contributed by atoms with Gasteiger partial charge >= 0.3 is 0 Å². The fraction of sp³-hybridized carbons (Fsp3) is 0.368. The van der Waals surface area contributed by atoms with E-state index >= 15 is 0 Å². The molecule has 0 spiro atoms. The van der Waals surface area contributed by atoms with Gasteiger partial charge in [-0.3, -0.25) is 0 Å². The first-order valence-corrected chi connectivity index (χ1v) is 7.22. The highest BCUT2D eigenvalue weighted by atomic mass is 16.3. The van der Waals surface area contributed by atoms with Crippen LogP contribution >= 0.6 is 0 Å². The van der Waals surface area contributed by atoms with E-state index in [-0.39, 0.29) is 0 Å². The lowest BCUT2D eigenvalue weighted by molar-refractivity contribution is 0.102. The van der Waals surface area contributed by atoms with Gasteiger partial charge in [0, 0.05) is 0 Å². The molecule has 0 aliphatic heterocycles. The van der Waals surface area contributed by atoms with E-state index in [4.69, 9.17) is 0 Å². The number of aliphatic hydroxyl groups is 1. The predicted octanol–water partition coefficient (Wildman–Crippen LogP) is 4.68. The average molecular weight is 268 g/mol. The van der Waals surface area contributed by atoms with Crippen molar-refractivity contribution in [3.8, 4) is 0 Å². The number of hydrogen-bond donors (Lipinski definition) is 1. The zero-order valence-electron chi connectivity index (χ0n) is 13.1. The molecule has 0 bridgehead atoms. The summed E-state index contributed by atoms with van der Waals surface area (Å²) >= 11 is 0. The Labute approximate surface area is 122 Å². The Bertz CT molecular complexity index is 571. The summed E-state index contributed by atoms with van der Waals surface area (Å²) in [6.45, 7) is 10.3. The molecule has 0 aliphatic rings. The highest BCUT2D eigenvalue weighted by Crippen LogP contribution is 2.31. The van der Waals surface area contributed by atoms with Crippen molar-refractivity contribution in [1.29, 1.82) is 0 Å². The summed E-state index contributed by atoms with van der Waals surface area (Å²) in [6.07, 6.45) is 0. The molecule has 2 rings (SSSR count). The molecule has 106 valence electrons. The van der Waals surface area contributed by atoms with Crippen molar-refractivity contribution in [3.63, 3.8) is 0 Å². The quantitative estimate of drug-likeness (QED) is 0.856. The maximum absolute atomic E-state index is 10.9. The van der Waals surface area contributed by atoms with Gasteiger partial charge in [0.05, 0.1) is 0 Å². The third kappa shape index (κ3) is 2.94. The van der Waals surface area contributed by atoms with Crippen LogP contribution in [-0.2, 0) is 5.60 Å². The molecule has 1 unspecified atom stereocenters. The standard InChI is InChI=1S/C19H24O/c1-13(2)16-6-8-17(9-7-16)19(5,20)18-11-14(3)10-15(4)12-18/h6-13,20H,1-5H3. The summed E-state index contributed by atoms with van der Waals surface area (Å²) in [7, 11) is 0. The second kappa shape index (κ2) is 5.41. The Kier molecular flexibility index (Phi) is 4.01. The summed E-state index contributed by atoms with van der Waals surface area (Å²) in [4.78, 5) is 0. The number of aryl methyl sites for hydroxylation is 2. The molecule has 0 aromatic heterocycles. The van der Waals surface area contributed by atoms with Gasteiger partial charge < -0.3 is 5.11 Å². The first kappa shape index (κ1) is 14.8. The van der Waals surface area contributed by atoms with Crippen molar-refractivity contribution in [2.75, 3.05) is 0 Å². The number of benzene rings is 2. The highest BCUT2D eigenvalue weighted by Gasteiger charge is 2.25. The lowest BCUT2D eigenvalue weighted by atomic mass is 9.85. The zero-order chi connectivity index (χ0) is 14.9. The van der Waals surface area contributed by atoms with Crippen LogP contribution in [0.15, 0.2) is 42.5 Å². The zero-order valence-corrected chi connectivity index (χ0v) is 13.1. The van der Waals surface area contributed by atoms with Crippen LogP contribution in [0.1, 0.15) is 54.5 Å². The van der Waals surface area contributed by atoms with Crippen LogP contribution in [0.5, 0.6) is 0 Å². The largest absolute Gasteiger partial charge is 0.381 e. The predicted molar refractivity (Wildman–Crippen MR) is 85.1 cm³/mol. The second-order valence-corrected chi connectivity index (χ2v) is 6.23. The third-order valence-electron chi connectivity index (χ3n) is 3.92. The van der Waals surface area contributed by atoms with Gasteiger partial charge in [0.1, 0.15) is 5.60 Å². The minimum Gasteiger partial charge on any atom is -0.381 e. The first-order chi connectivity index (χ1) is 9.30. The summed E-state index contributed by atoms with van der Waals surface area (Å²) in [5.41, 5.74) is 4.59.